The first-order valence-corrected chi connectivity index (χ1v) is 13.6. The average molecular weight is 497 g/mol. The van der Waals surface area contributed by atoms with Gasteiger partial charge in [0.1, 0.15) is 11.5 Å². The van der Waals surface area contributed by atoms with E-state index in [2.05, 4.69) is 13.8 Å². The van der Waals surface area contributed by atoms with Crippen LogP contribution in [0.4, 0.5) is 9.59 Å². The predicted octanol–water partition coefficient (Wildman–Crippen LogP) is 8.47. The molecule has 0 bridgehead atoms. The fourth-order valence-electron chi connectivity index (χ4n) is 4.49. The highest BCUT2D eigenvalue weighted by Crippen LogP contribution is 2.43. The standard InChI is InChI=1S/C30H40O6/c1-3-5-7-9-15-21-33-29(31)35-27-23-17-11-13-19-25(23)28(26-20-14-12-18-24(26)27)36-30(32)34-22-16-10-8-6-4-2/h11-14,17,19H,3-10,15-16,18,20-22H2,1-2H3. The second-order valence-electron chi connectivity index (χ2n) is 9.27. The Morgan fingerprint density at radius 3 is 1.47 bits per heavy atom. The van der Waals surface area contributed by atoms with E-state index in [0.717, 1.165) is 49.7 Å². The van der Waals surface area contributed by atoms with Gasteiger partial charge in [-0.2, -0.15) is 0 Å². The summed E-state index contributed by atoms with van der Waals surface area (Å²) in [6, 6.07) is 7.48. The zero-order chi connectivity index (χ0) is 25.6. The van der Waals surface area contributed by atoms with Crippen LogP contribution in [0.3, 0.4) is 0 Å². The summed E-state index contributed by atoms with van der Waals surface area (Å²) < 4.78 is 22.2. The molecule has 2 aromatic carbocycles. The maximum absolute atomic E-state index is 12.5. The zero-order valence-electron chi connectivity index (χ0n) is 21.8. The van der Waals surface area contributed by atoms with Crippen molar-refractivity contribution in [3.05, 3.63) is 47.5 Å². The maximum Gasteiger partial charge on any atom is 0.513 e. The van der Waals surface area contributed by atoms with Crippen molar-refractivity contribution in [2.45, 2.75) is 90.9 Å². The van der Waals surface area contributed by atoms with Gasteiger partial charge in [0.25, 0.3) is 0 Å². The molecular weight excluding hydrogens is 456 g/mol. The van der Waals surface area contributed by atoms with E-state index in [4.69, 9.17) is 18.9 Å². The number of carbonyl (C=O) groups is 2. The fraction of sp³-hybridized carbons (Fsp3) is 0.533. The molecule has 0 unspecified atom stereocenters. The molecule has 0 saturated carbocycles. The molecule has 0 saturated heterocycles. The van der Waals surface area contributed by atoms with Gasteiger partial charge in [0.05, 0.1) is 13.2 Å². The van der Waals surface area contributed by atoms with E-state index in [9.17, 15) is 9.59 Å². The van der Waals surface area contributed by atoms with Crippen LogP contribution in [-0.2, 0) is 22.3 Å². The van der Waals surface area contributed by atoms with E-state index < -0.39 is 12.3 Å². The highest BCUT2D eigenvalue weighted by atomic mass is 16.7. The summed E-state index contributed by atoms with van der Waals surface area (Å²) in [4.78, 5) is 25.1. The Balaban J connectivity index is 1.72. The smallest absolute Gasteiger partial charge is 0.434 e. The number of hydrogen-bond acceptors (Lipinski definition) is 6. The van der Waals surface area contributed by atoms with Crippen molar-refractivity contribution >= 4 is 23.1 Å². The second-order valence-corrected chi connectivity index (χ2v) is 9.27. The number of fused-ring (bicyclic) bond motifs is 2. The van der Waals surface area contributed by atoms with Gasteiger partial charge in [-0.15, -0.1) is 0 Å². The molecular formula is C30H40O6. The van der Waals surface area contributed by atoms with Gasteiger partial charge in [-0.1, -0.05) is 102 Å². The molecule has 6 heteroatoms. The van der Waals surface area contributed by atoms with Crippen molar-refractivity contribution < 1.29 is 28.5 Å². The number of allylic oxidation sites excluding steroid dienone is 2. The molecule has 2 aromatic rings. The number of benzene rings is 2. The summed E-state index contributed by atoms with van der Waals surface area (Å²) in [6.45, 7) is 5.02. The normalized spacial score (nSPS) is 12.3. The lowest BCUT2D eigenvalue weighted by Gasteiger charge is -2.22. The zero-order valence-corrected chi connectivity index (χ0v) is 21.8. The first-order chi connectivity index (χ1) is 17.7. The highest BCUT2D eigenvalue weighted by molar-refractivity contribution is 5.98. The molecule has 196 valence electrons. The van der Waals surface area contributed by atoms with Crippen LogP contribution in [0, 0.1) is 0 Å². The van der Waals surface area contributed by atoms with Crippen LogP contribution in [0.5, 0.6) is 11.5 Å². The van der Waals surface area contributed by atoms with Crippen molar-refractivity contribution in [2.24, 2.45) is 0 Å². The average Bonchev–Trinajstić information content (AvgIpc) is 2.90. The first kappa shape index (κ1) is 27.6. The molecule has 0 spiro atoms. The summed E-state index contributed by atoms with van der Waals surface area (Å²) in [5.74, 6) is 0.940. The van der Waals surface area contributed by atoms with Gasteiger partial charge in [0, 0.05) is 21.9 Å². The summed E-state index contributed by atoms with van der Waals surface area (Å²) in [7, 11) is 0. The fourth-order valence-corrected chi connectivity index (χ4v) is 4.49. The largest absolute Gasteiger partial charge is 0.513 e. The molecule has 0 aliphatic heterocycles. The molecule has 0 heterocycles. The highest BCUT2D eigenvalue weighted by Gasteiger charge is 2.25. The Labute approximate surface area is 214 Å². The van der Waals surface area contributed by atoms with Crippen molar-refractivity contribution in [2.75, 3.05) is 13.2 Å². The number of carbonyl (C=O) groups excluding carboxylic acids is 2. The Bertz CT molecular complexity index is 945. The Morgan fingerprint density at radius 1 is 0.639 bits per heavy atom. The summed E-state index contributed by atoms with van der Waals surface area (Å²) in [5, 5.41) is 1.41. The molecule has 0 N–H and O–H groups in total. The monoisotopic (exact) mass is 496 g/mol. The molecule has 0 radical (unpaired) electrons. The van der Waals surface area contributed by atoms with Crippen LogP contribution in [0.15, 0.2) is 36.4 Å². The Kier molecular flexibility index (Phi) is 11.6. The lowest BCUT2D eigenvalue weighted by Crippen LogP contribution is -2.17. The Hall–Kier alpha value is -3.02. The number of hydrogen-bond donors (Lipinski definition) is 0. The topological polar surface area (TPSA) is 71.1 Å². The van der Waals surface area contributed by atoms with Gasteiger partial charge >= 0.3 is 12.3 Å². The van der Waals surface area contributed by atoms with Gasteiger partial charge < -0.3 is 18.9 Å². The summed E-state index contributed by atoms with van der Waals surface area (Å²) in [6.07, 6.45) is 14.5. The lowest BCUT2D eigenvalue weighted by atomic mass is 9.90. The van der Waals surface area contributed by atoms with Gasteiger partial charge in [-0.25, -0.2) is 9.59 Å². The quantitative estimate of drug-likeness (QED) is 0.113. The van der Waals surface area contributed by atoms with Crippen LogP contribution in [0.1, 0.15) is 89.2 Å². The minimum Gasteiger partial charge on any atom is -0.434 e. The van der Waals surface area contributed by atoms with Gasteiger partial charge in [0.15, 0.2) is 0 Å². The van der Waals surface area contributed by atoms with Gasteiger partial charge in [-0.3, -0.25) is 0 Å². The van der Waals surface area contributed by atoms with Crippen LogP contribution in [0.25, 0.3) is 10.8 Å². The minimum absolute atomic E-state index is 0.341. The van der Waals surface area contributed by atoms with E-state index in [1.807, 2.05) is 36.4 Å². The van der Waals surface area contributed by atoms with Crippen molar-refractivity contribution in [3.8, 4) is 11.5 Å². The number of unbranched alkanes of at least 4 members (excludes halogenated alkanes) is 8. The van der Waals surface area contributed by atoms with Gasteiger partial charge in [-0.05, 0) is 25.7 Å². The van der Waals surface area contributed by atoms with E-state index in [0.29, 0.717) is 48.3 Å². The van der Waals surface area contributed by atoms with E-state index in [1.54, 1.807) is 0 Å². The molecule has 0 amide bonds. The van der Waals surface area contributed by atoms with Crippen molar-refractivity contribution in [1.82, 2.24) is 0 Å². The molecule has 0 aromatic heterocycles. The third kappa shape index (κ3) is 8.00. The SMILES string of the molecule is CCCCCCCOC(=O)Oc1c2c(c(OC(=O)OCCCCCCC)c3ccccc13)CC=CC2. The molecule has 36 heavy (non-hydrogen) atoms. The third-order valence-electron chi connectivity index (χ3n) is 6.45. The molecule has 0 fully saturated rings. The van der Waals surface area contributed by atoms with E-state index in [1.165, 1.54) is 25.7 Å². The van der Waals surface area contributed by atoms with Crippen molar-refractivity contribution in [3.63, 3.8) is 0 Å². The maximum atomic E-state index is 12.5. The van der Waals surface area contributed by atoms with Crippen LogP contribution in [-0.4, -0.2) is 25.5 Å². The second kappa shape index (κ2) is 15.2. The molecule has 3 rings (SSSR count). The molecule has 1 aliphatic carbocycles. The van der Waals surface area contributed by atoms with Crippen molar-refractivity contribution in [1.29, 1.82) is 0 Å². The van der Waals surface area contributed by atoms with E-state index in [-0.39, 0.29) is 0 Å². The molecule has 1 aliphatic rings. The third-order valence-corrected chi connectivity index (χ3v) is 6.45. The van der Waals surface area contributed by atoms with Gasteiger partial charge in [0.2, 0.25) is 0 Å². The minimum atomic E-state index is -0.705. The van der Waals surface area contributed by atoms with Crippen LogP contribution in [0.2, 0.25) is 0 Å². The molecule has 0 atom stereocenters. The van der Waals surface area contributed by atoms with E-state index >= 15 is 0 Å². The predicted molar refractivity (Wildman–Crippen MR) is 142 cm³/mol. The lowest BCUT2D eigenvalue weighted by molar-refractivity contribution is 0.0953. The summed E-state index contributed by atoms with van der Waals surface area (Å²) in [5.41, 5.74) is 1.66. The summed E-state index contributed by atoms with van der Waals surface area (Å²) >= 11 is 0. The Morgan fingerprint density at radius 2 is 1.06 bits per heavy atom. The van der Waals surface area contributed by atoms with Crippen LogP contribution < -0.4 is 9.47 Å². The van der Waals surface area contributed by atoms with Crippen LogP contribution >= 0.6 is 0 Å². The number of rotatable bonds is 14. The molecule has 6 nitrogen and oxygen atoms in total. The number of ether oxygens (including phenoxy) is 4. The first-order valence-electron chi connectivity index (χ1n) is 13.6.